The Labute approximate surface area is 95.6 Å². The Morgan fingerprint density at radius 2 is 2.06 bits per heavy atom. The van der Waals surface area contributed by atoms with E-state index in [4.69, 9.17) is 5.73 Å². The molecule has 16 heavy (non-hydrogen) atoms. The zero-order valence-corrected chi connectivity index (χ0v) is 10.6. The van der Waals surface area contributed by atoms with Gasteiger partial charge >= 0.3 is 0 Å². The molecule has 1 unspecified atom stereocenters. The summed E-state index contributed by atoms with van der Waals surface area (Å²) in [6, 6.07) is 0. The molecule has 0 aromatic carbocycles. The van der Waals surface area contributed by atoms with E-state index in [1.807, 2.05) is 20.8 Å². The predicted octanol–water partition coefficient (Wildman–Crippen LogP) is 0.616. The number of rotatable bonds is 1. The number of anilines is 1. The van der Waals surface area contributed by atoms with E-state index in [0.717, 1.165) is 11.3 Å². The summed E-state index contributed by atoms with van der Waals surface area (Å²) >= 11 is 0. The van der Waals surface area contributed by atoms with Gasteiger partial charge in [-0.1, -0.05) is 0 Å². The Morgan fingerprint density at radius 3 is 2.44 bits per heavy atom. The van der Waals surface area contributed by atoms with Gasteiger partial charge in [0.05, 0.1) is 22.7 Å². The highest BCUT2D eigenvalue weighted by Crippen LogP contribution is 2.33. The van der Waals surface area contributed by atoms with E-state index in [0.29, 0.717) is 12.2 Å². The minimum absolute atomic E-state index is 0.130. The summed E-state index contributed by atoms with van der Waals surface area (Å²) in [5.74, 6) is 0.933. The summed E-state index contributed by atoms with van der Waals surface area (Å²) in [5.41, 5.74) is 7.28. The van der Waals surface area contributed by atoms with E-state index in [-0.39, 0.29) is 11.5 Å². The highest BCUT2D eigenvalue weighted by atomic mass is 32.2. The zero-order chi connectivity index (χ0) is 12.1. The van der Waals surface area contributed by atoms with Gasteiger partial charge in [0.15, 0.2) is 9.84 Å². The van der Waals surface area contributed by atoms with Crippen molar-refractivity contribution in [2.75, 3.05) is 17.2 Å². The van der Waals surface area contributed by atoms with Crippen LogP contribution >= 0.6 is 0 Å². The van der Waals surface area contributed by atoms with Gasteiger partial charge in [0, 0.05) is 5.56 Å². The highest BCUT2D eigenvalue weighted by molar-refractivity contribution is 7.91. The second-order valence-corrected chi connectivity index (χ2v) is 7.03. The average molecular weight is 243 g/mol. The molecule has 1 aliphatic rings. The van der Waals surface area contributed by atoms with Crippen LogP contribution in [0.2, 0.25) is 0 Å². The first-order valence-corrected chi connectivity index (χ1v) is 7.10. The number of sulfone groups is 1. The number of nitrogens with two attached hydrogens (primary N) is 1. The van der Waals surface area contributed by atoms with Gasteiger partial charge in [0.1, 0.15) is 5.82 Å². The molecule has 90 valence electrons. The summed E-state index contributed by atoms with van der Waals surface area (Å²) < 4.78 is 24.8. The molecule has 0 spiro atoms. The number of nitrogen functional groups attached to an aromatic ring is 1. The van der Waals surface area contributed by atoms with Crippen LogP contribution in [-0.2, 0) is 15.4 Å². The van der Waals surface area contributed by atoms with E-state index in [9.17, 15) is 8.42 Å². The predicted molar refractivity (Wildman–Crippen MR) is 63.0 cm³/mol. The molecule has 2 N–H and O–H groups in total. The molecule has 1 saturated heterocycles. The SMILES string of the molecule is Cc1nn(C2(C)CCS(=O)(=O)C2)c(N)c1C. The second kappa shape index (κ2) is 3.23. The van der Waals surface area contributed by atoms with E-state index in [2.05, 4.69) is 5.10 Å². The topological polar surface area (TPSA) is 78.0 Å². The maximum Gasteiger partial charge on any atom is 0.152 e. The molecule has 1 aromatic rings. The molecule has 0 amide bonds. The van der Waals surface area contributed by atoms with Crippen molar-refractivity contribution >= 4 is 15.7 Å². The Balaban J connectivity index is 2.49. The smallest absolute Gasteiger partial charge is 0.152 e. The van der Waals surface area contributed by atoms with Gasteiger partial charge in [-0.15, -0.1) is 0 Å². The third kappa shape index (κ3) is 1.61. The van der Waals surface area contributed by atoms with Crippen molar-refractivity contribution in [1.29, 1.82) is 0 Å². The lowest BCUT2D eigenvalue weighted by Crippen LogP contribution is -2.33. The molecule has 0 aliphatic carbocycles. The largest absolute Gasteiger partial charge is 0.384 e. The van der Waals surface area contributed by atoms with Crippen LogP contribution in [0.3, 0.4) is 0 Å². The Morgan fingerprint density at radius 1 is 1.44 bits per heavy atom. The number of nitrogens with zero attached hydrogens (tertiary/aromatic N) is 2. The van der Waals surface area contributed by atoms with Crippen LogP contribution in [0.4, 0.5) is 5.82 Å². The van der Waals surface area contributed by atoms with Crippen molar-refractivity contribution < 1.29 is 8.42 Å². The first kappa shape index (κ1) is 11.4. The van der Waals surface area contributed by atoms with Crippen molar-refractivity contribution in [2.45, 2.75) is 32.7 Å². The van der Waals surface area contributed by atoms with Gasteiger partial charge in [0.2, 0.25) is 0 Å². The maximum atomic E-state index is 11.5. The summed E-state index contributed by atoms with van der Waals surface area (Å²) in [7, 11) is -2.94. The quantitative estimate of drug-likeness (QED) is 0.784. The fourth-order valence-electron chi connectivity index (χ4n) is 2.20. The van der Waals surface area contributed by atoms with E-state index in [1.165, 1.54) is 0 Å². The fraction of sp³-hybridized carbons (Fsp3) is 0.700. The molecule has 2 rings (SSSR count). The molecule has 5 nitrogen and oxygen atoms in total. The summed E-state index contributed by atoms with van der Waals surface area (Å²) in [6.07, 6.45) is 0.583. The normalized spacial score (nSPS) is 28.4. The van der Waals surface area contributed by atoms with Crippen LogP contribution in [0.25, 0.3) is 0 Å². The third-order valence-electron chi connectivity index (χ3n) is 3.40. The van der Waals surface area contributed by atoms with Gasteiger partial charge in [-0.25, -0.2) is 13.1 Å². The number of hydrogen-bond acceptors (Lipinski definition) is 4. The maximum absolute atomic E-state index is 11.5. The van der Waals surface area contributed by atoms with Gasteiger partial charge < -0.3 is 5.73 Å². The molecular formula is C10H17N3O2S. The highest BCUT2D eigenvalue weighted by Gasteiger charge is 2.41. The molecule has 0 radical (unpaired) electrons. The minimum atomic E-state index is -2.94. The molecule has 1 aromatic heterocycles. The first-order chi connectivity index (χ1) is 7.25. The molecule has 6 heteroatoms. The van der Waals surface area contributed by atoms with Crippen molar-refractivity contribution in [2.24, 2.45) is 0 Å². The zero-order valence-electron chi connectivity index (χ0n) is 9.82. The number of aryl methyl sites for hydroxylation is 1. The van der Waals surface area contributed by atoms with Gasteiger partial charge in [-0.2, -0.15) is 5.10 Å². The first-order valence-electron chi connectivity index (χ1n) is 5.28. The molecule has 1 atom stereocenters. The molecule has 1 aliphatic heterocycles. The standard InChI is InChI=1S/C10H17N3O2S/c1-7-8(2)12-13(9(7)11)10(3)4-5-16(14,15)6-10/h4-6,11H2,1-3H3. The average Bonchev–Trinajstić information content (AvgIpc) is 2.59. The molecule has 1 fully saturated rings. The van der Waals surface area contributed by atoms with E-state index in [1.54, 1.807) is 4.68 Å². The lowest BCUT2D eigenvalue weighted by Gasteiger charge is -2.24. The Bertz CT molecular complexity index is 533. The molecule has 2 heterocycles. The lowest BCUT2D eigenvalue weighted by atomic mass is 10.0. The van der Waals surface area contributed by atoms with E-state index < -0.39 is 15.4 Å². The van der Waals surface area contributed by atoms with Crippen LogP contribution in [-0.4, -0.2) is 29.7 Å². The van der Waals surface area contributed by atoms with Crippen molar-refractivity contribution in [3.05, 3.63) is 11.3 Å². The molecular weight excluding hydrogens is 226 g/mol. The number of hydrogen-bond donors (Lipinski definition) is 1. The third-order valence-corrected chi connectivity index (χ3v) is 5.29. The second-order valence-electron chi connectivity index (χ2n) is 4.85. The van der Waals surface area contributed by atoms with Crippen LogP contribution in [0.1, 0.15) is 24.6 Å². The monoisotopic (exact) mass is 243 g/mol. The summed E-state index contributed by atoms with van der Waals surface area (Å²) in [5, 5.41) is 4.36. The Kier molecular flexibility index (Phi) is 2.31. The van der Waals surface area contributed by atoms with Crippen LogP contribution in [0.15, 0.2) is 0 Å². The Hall–Kier alpha value is -1.04. The van der Waals surface area contributed by atoms with Crippen molar-refractivity contribution in [3.63, 3.8) is 0 Å². The number of aromatic nitrogens is 2. The molecule has 0 bridgehead atoms. The van der Waals surface area contributed by atoms with Gasteiger partial charge in [0.25, 0.3) is 0 Å². The summed E-state index contributed by atoms with van der Waals surface area (Å²) in [6.45, 7) is 5.69. The van der Waals surface area contributed by atoms with E-state index >= 15 is 0 Å². The minimum Gasteiger partial charge on any atom is -0.384 e. The van der Waals surface area contributed by atoms with Crippen molar-refractivity contribution in [1.82, 2.24) is 9.78 Å². The molecule has 0 saturated carbocycles. The van der Waals surface area contributed by atoms with Crippen molar-refractivity contribution in [3.8, 4) is 0 Å². The lowest BCUT2D eigenvalue weighted by molar-refractivity contribution is 0.333. The fourth-order valence-corrected chi connectivity index (χ4v) is 4.30. The van der Waals surface area contributed by atoms with Crippen LogP contribution in [0, 0.1) is 13.8 Å². The van der Waals surface area contributed by atoms with Gasteiger partial charge in [-0.3, -0.25) is 0 Å². The van der Waals surface area contributed by atoms with Crippen LogP contribution in [0.5, 0.6) is 0 Å². The van der Waals surface area contributed by atoms with Crippen LogP contribution < -0.4 is 5.73 Å². The summed E-state index contributed by atoms with van der Waals surface area (Å²) in [4.78, 5) is 0. The van der Waals surface area contributed by atoms with Gasteiger partial charge in [-0.05, 0) is 27.2 Å².